The Morgan fingerprint density at radius 2 is 1.76 bits per heavy atom. The molecule has 1 aliphatic rings. The van der Waals surface area contributed by atoms with Gasteiger partial charge in [-0.25, -0.2) is 0 Å². The number of carbonyl (C=O) groups excluding carboxylic acids is 1. The van der Waals surface area contributed by atoms with E-state index in [4.69, 9.17) is 32.7 Å². The number of anilines is 1. The Labute approximate surface area is 209 Å². The number of ether oxygens (including phenoxy) is 2. The fraction of sp³-hybridized carbons (Fsp3) is 0.320. The molecule has 0 radical (unpaired) electrons. The van der Waals surface area contributed by atoms with E-state index in [9.17, 15) is 4.79 Å². The minimum absolute atomic E-state index is 0.0414. The zero-order valence-corrected chi connectivity index (χ0v) is 20.6. The van der Waals surface area contributed by atoms with Gasteiger partial charge in [-0.1, -0.05) is 29.3 Å². The Balaban J connectivity index is 1.32. The molecule has 178 valence electrons. The Hall–Kier alpha value is -3.03. The maximum atomic E-state index is 12.9. The number of hydrogen-bond donors (Lipinski definition) is 0. The second-order valence-corrected chi connectivity index (χ2v) is 8.72. The Kier molecular flexibility index (Phi) is 7.75. The number of carbonyl (C=O) groups is 1. The highest BCUT2D eigenvalue weighted by Crippen LogP contribution is 2.29. The molecule has 1 aliphatic heterocycles. The van der Waals surface area contributed by atoms with Gasteiger partial charge in [0.25, 0.3) is 5.91 Å². The van der Waals surface area contributed by atoms with E-state index >= 15 is 0 Å². The fourth-order valence-corrected chi connectivity index (χ4v) is 4.31. The molecular formula is C25H26Cl2N4O3. The number of hydrogen-bond acceptors (Lipinski definition) is 6. The van der Waals surface area contributed by atoms with Crippen LogP contribution >= 0.6 is 23.2 Å². The van der Waals surface area contributed by atoms with Gasteiger partial charge in [0.2, 0.25) is 0 Å². The Bertz CT molecular complexity index is 1140. The second-order valence-electron chi connectivity index (χ2n) is 7.88. The van der Waals surface area contributed by atoms with E-state index in [1.54, 1.807) is 25.1 Å². The van der Waals surface area contributed by atoms with Crippen molar-refractivity contribution >= 4 is 34.9 Å². The van der Waals surface area contributed by atoms with E-state index in [1.165, 1.54) is 0 Å². The van der Waals surface area contributed by atoms with Crippen molar-refractivity contribution in [3.8, 4) is 22.8 Å². The van der Waals surface area contributed by atoms with Gasteiger partial charge in [-0.15, -0.1) is 10.2 Å². The zero-order valence-electron chi connectivity index (χ0n) is 19.1. The first-order valence-electron chi connectivity index (χ1n) is 11.2. The maximum Gasteiger partial charge on any atom is 0.263 e. The molecule has 4 rings (SSSR count). The van der Waals surface area contributed by atoms with Crippen LogP contribution in [-0.4, -0.2) is 59.9 Å². The van der Waals surface area contributed by atoms with Gasteiger partial charge in [0.1, 0.15) is 11.5 Å². The molecule has 2 heterocycles. The molecule has 1 saturated heterocycles. The van der Waals surface area contributed by atoms with Crippen LogP contribution in [-0.2, 0) is 4.79 Å². The molecular weight excluding hydrogens is 475 g/mol. The molecule has 1 amide bonds. The number of amides is 1. The lowest BCUT2D eigenvalue weighted by Crippen LogP contribution is -2.52. The number of rotatable bonds is 7. The minimum Gasteiger partial charge on any atom is -0.494 e. The summed E-state index contributed by atoms with van der Waals surface area (Å²) in [5.41, 5.74) is 1.46. The quantitative estimate of drug-likeness (QED) is 0.456. The highest BCUT2D eigenvalue weighted by molar-refractivity contribution is 6.36. The normalized spacial score (nSPS) is 14.6. The maximum absolute atomic E-state index is 12.9. The number of benzene rings is 2. The van der Waals surface area contributed by atoms with Crippen molar-refractivity contribution < 1.29 is 14.3 Å². The van der Waals surface area contributed by atoms with Crippen molar-refractivity contribution in [1.82, 2.24) is 15.1 Å². The molecule has 1 fully saturated rings. The molecule has 1 atom stereocenters. The highest BCUT2D eigenvalue weighted by Gasteiger charge is 2.27. The highest BCUT2D eigenvalue weighted by atomic mass is 35.5. The largest absolute Gasteiger partial charge is 0.494 e. The van der Waals surface area contributed by atoms with Gasteiger partial charge >= 0.3 is 0 Å². The van der Waals surface area contributed by atoms with Crippen LogP contribution in [0.5, 0.6) is 11.5 Å². The standard InChI is InChI=1S/C25H26Cl2N4O3/c1-3-33-19-5-4-6-20(16-19)34-17(2)25(32)31-13-11-30(12-14-31)24-10-9-23(28-29-24)21-8-7-18(26)15-22(21)27/h4-10,15-17H,3,11-14H2,1-2H3. The van der Waals surface area contributed by atoms with Gasteiger partial charge in [-0.2, -0.15) is 0 Å². The summed E-state index contributed by atoms with van der Waals surface area (Å²) in [6.45, 7) is 6.75. The first kappa shape index (κ1) is 24.1. The third-order valence-corrected chi connectivity index (χ3v) is 6.10. The Morgan fingerprint density at radius 1 is 1.00 bits per heavy atom. The minimum atomic E-state index is -0.591. The van der Waals surface area contributed by atoms with E-state index in [2.05, 4.69) is 15.1 Å². The lowest BCUT2D eigenvalue weighted by Gasteiger charge is -2.36. The molecule has 0 bridgehead atoms. The van der Waals surface area contributed by atoms with E-state index in [-0.39, 0.29) is 5.91 Å². The first-order valence-corrected chi connectivity index (χ1v) is 11.9. The fourth-order valence-electron chi connectivity index (χ4n) is 3.81. The molecule has 0 saturated carbocycles. The lowest BCUT2D eigenvalue weighted by atomic mass is 10.1. The summed E-state index contributed by atoms with van der Waals surface area (Å²) >= 11 is 12.3. The van der Waals surface area contributed by atoms with E-state index in [0.29, 0.717) is 54.3 Å². The predicted molar refractivity (Wildman–Crippen MR) is 134 cm³/mol. The van der Waals surface area contributed by atoms with Crippen LogP contribution < -0.4 is 14.4 Å². The van der Waals surface area contributed by atoms with Gasteiger partial charge in [0.15, 0.2) is 11.9 Å². The topological polar surface area (TPSA) is 67.8 Å². The molecule has 1 aromatic heterocycles. The molecule has 3 aromatic rings. The summed E-state index contributed by atoms with van der Waals surface area (Å²) in [7, 11) is 0. The van der Waals surface area contributed by atoms with Crippen molar-refractivity contribution in [2.24, 2.45) is 0 Å². The summed E-state index contributed by atoms with van der Waals surface area (Å²) < 4.78 is 11.4. The smallest absolute Gasteiger partial charge is 0.263 e. The summed E-state index contributed by atoms with van der Waals surface area (Å²) in [5, 5.41) is 9.81. The molecule has 0 aliphatic carbocycles. The van der Waals surface area contributed by atoms with Gasteiger partial charge in [-0.05, 0) is 56.3 Å². The van der Waals surface area contributed by atoms with Crippen LogP contribution in [0.2, 0.25) is 10.0 Å². The SMILES string of the molecule is CCOc1cccc(OC(C)C(=O)N2CCN(c3ccc(-c4ccc(Cl)cc4Cl)nn3)CC2)c1. The number of halogens is 2. The van der Waals surface area contributed by atoms with E-state index < -0.39 is 6.10 Å². The van der Waals surface area contributed by atoms with Crippen molar-refractivity contribution in [2.75, 3.05) is 37.7 Å². The number of piperazine rings is 1. The molecule has 2 aromatic carbocycles. The third-order valence-electron chi connectivity index (χ3n) is 5.55. The third kappa shape index (κ3) is 5.72. The van der Waals surface area contributed by atoms with Crippen LogP contribution in [0.25, 0.3) is 11.3 Å². The van der Waals surface area contributed by atoms with Gasteiger partial charge in [0, 0.05) is 42.8 Å². The van der Waals surface area contributed by atoms with E-state index in [1.807, 2.05) is 48.2 Å². The average Bonchev–Trinajstić information content (AvgIpc) is 2.84. The van der Waals surface area contributed by atoms with Crippen LogP contribution in [0.3, 0.4) is 0 Å². The number of aromatic nitrogens is 2. The van der Waals surface area contributed by atoms with Crippen molar-refractivity contribution in [2.45, 2.75) is 20.0 Å². The number of nitrogens with zero attached hydrogens (tertiary/aromatic N) is 4. The Morgan fingerprint density at radius 3 is 2.44 bits per heavy atom. The second kappa shape index (κ2) is 10.9. The molecule has 0 N–H and O–H groups in total. The lowest BCUT2D eigenvalue weighted by molar-refractivity contribution is -0.138. The average molecular weight is 501 g/mol. The van der Waals surface area contributed by atoms with Gasteiger partial charge < -0.3 is 19.3 Å². The van der Waals surface area contributed by atoms with Crippen LogP contribution in [0.15, 0.2) is 54.6 Å². The molecule has 34 heavy (non-hydrogen) atoms. The molecule has 9 heteroatoms. The zero-order chi connectivity index (χ0) is 24.1. The monoisotopic (exact) mass is 500 g/mol. The van der Waals surface area contributed by atoms with Crippen molar-refractivity contribution in [3.05, 3.63) is 64.6 Å². The van der Waals surface area contributed by atoms with Gasteiger partial charge in [0.05, 0.1) is 17.3 Å². The van der Waals surface area contributed by atoms with Crippen LogP contribution in [0, 0.1) is 0 Å². The van der Waals surface area contributed by atoms with Crippen molar-refractivity contribution in [3.63, 3.8) is 0 Å². The summed E-state index contributed by atoms with van der Waals surface area (Å²) in [4.78, 5) is 16.8. The summed E-state index contributed by atoms with van der Waals surface area (Å²) in [6.07, 6.45) is -0.591. The van der Waals surface area contributed by atoms with Gasteiger partial charge in [-0.3, -0.25) is 4.79 Å². The molecule has 0 spiro atoms. The van der Waals surface area contributed by atoms with Crippen molar-refractivity contribution in [1.29, 1.82) is 0 Å². The summed E-state index contributed by atoms with van der Waals surface area (Å²) in [6, 6.07) is 16.4. The van der Waals surface area contributed by atoms with E-state index in [0.717, 1.165) is 17.1 Å². The molecule has 7 nitrogen and oxygen atoms in total. The van der Waals surface area contributed by atoms with Crippen LogP contribution in [0.1, 0.15) is 13.8 Å². The summed E-state index contributed by atoms with van der Waals surface area (Å²) in [5.74, 6) is 2.05. The first-order chi connectivity index (χ1) is 16.4. The molecule has 1 unspecified atom stereocenters. The van der Waals surface area contributed by atoms with Crippen LogP contribution in [0.4, 0.5) is 5.82 Å². The predicted octanol–water partition coefficient (Wildman–Crippen LogP) is 4.97.